The summed E-state index contributed by atoms with van der Waals surface area (Å²) in [5.41, 5.74) is 11.2. The quantitative estimate of drug-likeness (QED) is 0.172. The number of para-hydroxylation sites is 3. The lowest BCUT2D eigenvalue weighted by Gasteiger charge is -2.42. The van der Waals surface area contributed by atoms with Crippen LogP contribution in [-0.2, 0) is 5.41 Å². The molecule has 0 atom stereocenters. The summed E-state index contributed by atoms with van der Waals surface area (Å²) in [4.78, 5) is 4.62. The van der Waals surface area contributed by atoms with E-state index in [0.717, 1.165) is 55.8 Å². The van der Waals surface area contributed by atoms with Crippen LogP contribution in [0.15, 0.2) is 176 Å². The van der Waals surface area contributed by atoms with Gasteiger partial charge in [-0.3, -0.25) is 0 Å². The van der Waals surface area contributed by atoms with Crippen molar-refractivity contribution in [3.63, 3.8) is 0 Å². The molecular weight excluding hydrogens is 612 g/mol. The van der Waals surface area contributed by atoms with E-state index in [1.807, 2.05) is 24.3 Å². The summed E-state index contributed by atoms with van der Waals surface area (Å²) in [5, 5.41) is 3.52. The zero-order valence-electron chi connectivity index (χ0n) is 28.0. The van der Waals surface area contributed by atoms with Crippen molar-refractivity contribution in [2.45, 2.75) is 19.3 Å². The third-order valence-electron chi connectivity index (χ3n) is 10.3. The van der Waals surface area contributed by atoms with Crippen LogP contribution in [0.3, 0.4) is 0 Å². The van der Waals surface area contributed by atoms with Gasteiger partial charge >= 0.3 is 0 Å². The molecule has 0 spiro atoms. The molecule has 1 aliphatic rings. The third-order valence-corrected chi connectivity index (χ3v) is 10.3. The van der Waals surface area contributed by atoms with Gasteiger partial charge in [-0.1, -0.05) is 117 Å². The number of rotatable bonds is 5. The molecule has 0 saturated heterocycles. The largest absolute Gasteiger partial charge is 0.311 e. The Bertz CT molecular complexity index is 2480. The van der Waals surface area contributed by atoms with Crippen LogP contribution >= 0.6 is 0 Å². The molecule has 0 aliphatic carbocycles. The Kier molecular flexibility index (Phi) is 7.03. The molecule has 50 heavy (non-hydrogen) atoms. The van der Waals surface area contributed by atoms with Gasteiger partial charge in [0.1, 0.15) is 5.82 Å². The molecule has 0 fully saturated rings. The van der Waals surface area contributed by atoms with E-state index in [1.165, 1.54) is 16.7 Å². The van der Waals surface area contributed by atoms with Crippen molar-refractivity contribution in [2.75, 3.05) is 9.80 Å². The minimum atomic E-state index is -0.241. The van der Waals surface area contributed by atoms with Crippen LogP contribution in [-0.4, -0.2) is 0 Å². The van der Waals surface area contributed by atoms with Gasteiger partial charge in [0.05, 0.1) is 11.4 Å². The molecule has 3 heteroatoms. The van der Waals surface area contributed by atoms with E-state index in [4.69, 9.17) is 0 Å². The SMILES string of the molecule is CC1(C)c2ccccc2N(c2ccc3c(c2)cc(F)c2ccccc23)c2ccc(-c3ccc(N(c4ccccc4)c4ccccc4)cc3)cc21. The fourth-order valence-corrected chi connectivity index (χ4v) is 7.76. The highest BCUT2D eigenvalue weighted by Gasteiger charge is 2.37. The second kappa shape index (κ2) is 11.7. The smallest absolute Gasteiger partial charge is 0.131 e. The molecule has 2 nitrogen and oxygen atoms in total. The van der Waals surface area contributed by atoms with Crippen LogP contribution in [0, 0.1) is 5.82 Å². The number of fused-ring (bicyclic) bond motifs is 5. The first kappa shape index (κ1) is 29.9. The van der Waals surface area contributed by atoms with Crippen molar-refractivity contribution in [2.24, 2.45) is 0 Å². The Morgan fingerprint density at radius 3 is 1.76 bits per heavy atom. The van der Waals surface area contributed by atoms with Crippen molar-refractivity contribution < 1.29 is 4.39 Å². The van der Waals surface area contributed by atoms with E-state index in [1.54, 1.807) is 6.07 Å². The highest BCUT2D eigenvalue weighted by atomic mass is 19.1. The predicted octanol–water partition coefficient (Wildman–Crippen LogP) is 13.4. The Morgan fingerprint density at radius 1 is 0.460 bits per heavy atom. The zero-order chi connectivity index (χ0) is 33.8. The zero-order valence-corrected chi connectivity index (χ0v) is 28.0. The van der Waals surface area contributed by atoms with Crippen LogP contribution in [0.25, 0.3) is 32.7 Å². The van der Waals surface area contributed by atoms with Gasteiger partial charge in [0.2, 0.25) is 0 Å². The highest BCUT2D eigenvalue weighted by Crippen LogP contribution is 2.53. The molecule has 1 aliphatic heterocycles. The first-order valence-electron chi connectivity index (χ1n) is 17.1. The molecule has 0 aromatic heterocycles. The predicted molar refractivity (Wildman–Crippen MR) is 208 cm³/mol. The van der Waals surface area contributed by atoms with E-state index < -0.39 is 0 Å². The highest BCUT2D eigenvalue weighted by molar-refractivity contribution is 6.09. The summed E-state index contributed by atoms with van der Waals surface area (Å²) in [6, 6.07) is 61.2. The molecule has 0 bridgehead atoms. The van der Waals surface area contributed by atoms with Crippen molar-refractivity contribution in [3.05, 3.63) is 193 Å². The first-order valence-corrected chi connectivity index (χ1v) is 17.1. The van der Waals surface area contributed by atoms with Crippen LogP contribution in [0.5, 0.6) is 0 Å². The minimum Gasteiger partial charge on any atom is -0.311 e. The maximum absolute atomic E-state index is 15.3. The van der Waals surface area contributed by atoms with E-state index in [9.17, 15) is 0 Å². The lowest BCUT2D eigenvalue weighted by molar-refractivity contribution is 0.632. The topological polar surface area (TPSA) is 6.48 Å². The van der Waals surface area contributed by atoms with E-state index in [0.29, 0.717) is 5.39 Å². The summed E-state index contributed by atoms with van der Waals surface area (Å²) < 4.78 is 15.3. The fraction of sp³-hybridized carbons (Fsp3) is 0.0638. The molecule has 0 amide bonds. The van der Waals surface area contributed by atoms with Crippen molar-refractivity contribution >= 4 is 55.7 Å². The second-order valence-electron chi connectivity index (χ2n) is 13.6. The van der Waals surface area contributed by atoms with Gasteiger partial charge in [0.15, 0.2) is 0 Å². The Labute approximate surface area is 292 Å². The third kappa shape index (κ3) is 4.85. The second-order valence-corrected chi connectivity index (χ2v) is 13.6. The molecule has 0 radical (unpaired) electrons. The lowest BCUT2D eigenvalue weighted by atomic mass is 9.73. The fourth-order valence-electron chi connectivity index (χ4n) is 7.76. The van der Waals surface area contributed by atoms with Crippen LogP contribution < -0.4 is 9.80 Å². The van der Waals surface area contributed by atoms with E-state index >= 15 is 4.39 Å². The molecule has 8 aromatic carbocycles. The molecule has 240 valence electrons. The number of hydrogen-bond acceptors (Lipinski definition) is 2. The molecular formula is C47H35FN2. The first-order chi connectivity index (χ1) is 24.5. The van der Waals surface area contributed by atoms with Crippen molar-refractivity contribution in [1.82, 2.24) is 0 Å². The van der Waals surface area contributed by atoms with Crippen molar-refractivity contribution in [3.8, 4) is 11.1 Å². The standard InChI is InChI=1S/C47H35FN2/c1-47(2)42-19-11-12-20-45(42)50(38-26-27-39-34(29-38)31-44(48)41-18-10-9-17-40(39)41)46-28-23-33(30-43(46)47)32-21-24-37(25-22-32)49(35-13-5-3-6-14-35)36-15-7-4-8-16-36/h3-31H,1-2H3. The summed E-state index contributed by atoms with van der Waals surface area (Å²) in [7, 11) is 0. The summed E-state index contributed by atoms with van der Waals surface area (Å²) in [5.74, 6) is -0.197. The average Bonchev–Trinajstić information content (AvgIpc) is 3.16. The Balaban J connectivity index is 1.15. The van der Waals surface area contributed by atoms with Gasteiger partial charge in [-0.2, -0.15) is 0 Å². The number of halogens is 1. The number of anilines is 6. The Hall–Kier alpha value is -6.19. The van der Waals surface area contributed by atoms with Crippen LogP contribution in [0.1, 0.15) is 25.0 Å². The Morgan fingerprint density at radius 2 is 1.04 bits per heavy atom. The summed E-state index contributed by atoms with van der Waals surface area (Å²) in [6.07, 6.45) is 0. The maximum atomic E-state index is 15.3. The van der Waals surface area contributed by atoms with Gasteiger partial charge in [-0.05, 0) is 111 Å². The number of nitrogens with zero attached hydrogens (tertiary/aromatic N) is 2. The van der Waals surface area contributed by atoms with Crippen molar-refractivity contribution in [1.29, 1.82) is 0 Å². The van der Waals surface area contributed by atoms with Gasteiger partial charge in [-0.25, -0.2) is 4.39 Å². The number of benzene rings is 8. The summed E-state index contributed by atoms with van der Waals surface area (Å²) in [6.45, 7) is 4.63. The van der Waals surface area contributed by atoms with E-state index in [2.05, 4.69) is 169 Å². The molecule has 1 heterocycles. The van der Waals surface area contributed by atoms with Gasteiger partial charge in [0, 0.05) is 33.6 Å². The van der Waals surface area contributed by atoms with Gasteiger partial charge < -0.3 is 9.80 Å². The van der Waals surface area contributed by atoms with Crippen LogP contribution in [0.2, 0.25) is 0 Å². The molecule has 8 aromatic rings. The maximum Gasteiger partial charge on any atom is 0.131 e. The molecule has 0 saturated carbocycles. The van der Waals surface area contributed by atoms with E-state index in [-0.39, 0.29) is 11.2 Å². The monoisotopic (exact) mass is 646 g/mol. The molecule has 0 N–H and O–H groups in total. The number of hydrogen-bond donors (Lipinski definition) is 0. The van der Waals surface area contributed by atoms with Gasteiger partial charge in [-0.15, -0.1) is 0 Å². The average molecular weight is 647 g/mol. The summed E-state index contributed by atoms with van der Waals surface area (Å²) >= 11 is 0. The molecule has 0 unspecified atom stereocenters. The normalized spacial score (nSPS) is 13.2. The van der Waals surface area contributed by atoms with Gasteiger partial charge in [0.25, 0.3) is 0 Å². The minimum absolute atomic E-state index is 0.197. The van der Waals surface area contributed by atoms with Crippen LogP contribution in [0.4, 0.5) is 38.5 Å². The molecule has 9 rings (SSSR count). The lowest BCUT2D eigenvalue weighted by Crippen LogP contribution is -2.30.